The Morgan fingerprint density at radius 1 is 0.667 bits per heavy atom. The van der Waals surface area contributed by atoms with Gasteiger partial charge >= 0.3 is 0 Å². The van der Waals surface area contributed by atoms with Crippen molar-refractivity contribution in [1.29, 1.82) is 0 Å². The highest BCUT2D eigenvalue weighted by molar-refractivity contribution is 6.21. The van der Waals surface area contributed by atoms with Gasteiger partial charge in [0.2, 0.25) is 0 Å². The first-order valence-corrected chi connectivity index (χ1v) is 11.6. The molecular weight excluding hydrogens is 452 g/mol. The first-order chi connectivity index (χ1) is 17.6. The van der Waals surface area contributed by atoms with Crippen LogP contribution in [0.25, 0.3) is 0 Å². The van der Waals surface area contributed by atoms with Crippen molar-refractivity contribution < 1.29 is 19.1 Å². The lowest BCUT2D eigenvalue weighted by Gasteiger charge is -2.14. The average molecular weight is 477 g/mol. The van der Waals surface area contributed by atoms with E-state index in [9.17, 15) is 14.4 Å². The summed E-state index contributed by atoms with van der Waals surface area (Å²) in [4.78, 5) is 39.4. The number of fused-ring (bicyclic) bond motifs is 1. The highest BCUT2D eigenvalue weighted by Gasteiger charge is 2.35. The molecule has 0 fully saturated rings. The maximum absolute atomic E-state index is 12.8. The fraction of sp³-hybridized carbons (Fsp3) is 0.100. The second kappa shape index (κ2) is 10.4. The van der Waals surface area contributed by atoms with Gasteiger partial charge in [-0.25, -0.2) is 0 Å². The first-order valence-electron chi connectivity index (χ1n) is 11.6. The molecule has 0 spiro atoms. The van der Waals surface area contributed by atoms with Crippen molar-refractivity contribution in [2.75, 3.05) is 5.32 Å². The van der Waals surface area contributed by atoms with Gasteiger partial charge in [0, 0.05) is 11.3 Å². The predicted molar refractivity (Wildman–Crippen MR) is 136 cm³/mol. The minimum absolute atomic E-state index is 0.102. The van der Waals surface area contributed by atoms with E-state index in [0.717, 1.165) is 11.1 Å². The Labute approximate surface area is 209 Å². The summed E-state index contributed by atoms with van der Waals surface area (Å²) in [5.74, 6) is -0.913. The van der Waals surface area contributed by atoms with Crippen LogP contribution in [0.4, 0.5) is 5.69 Å². The van der Waals surface area contributed by atoms with Crippen LogP contribution in [-0.4, -0.2) is 22.6 Å². The number of benzene rings is 4. The van der Waals surface area contributed by atoms with E-state index in [2.05, 4.69) is 5.32 Å². The maximum atomic E-state index is 12.8. The van der Waals surface area contributed by atoms with Crippen molar-refractivity contribution in [2.45, 2.75) is 19.8 Å². The van der Waals surface area contributed by atoms with Gasteiger partial charge < -0.3 is 10.1 Å². The zero-order valence-electron chi connectivity index (χ0n) is 19.5. The van der Waals surface area contributed by atoms with Gasteiger partial charge in [-0.3, -0.25) is 19.3 Å². The molecule has 1 N–H and O–H groups in total. The molecule has 0 unspecified atom stereocenters. The Balaban J connectivity index is 1.18. The topological polar surface area (TPSA) is 75.7 Å². The zero-order valence-corrected chi connectivity index (χ0v) is 19.5. The highest BCUT2D eigenvalue weighted by Crippen LogP contribution is 2.24. The van der Waals surface area contributed by atoms with E-state index < -0.39 is 0 Å². The van der Waals surface area contributed by atoms with E-state index in [1.54, 1.807) is 48.5 Å². The van der Waals surface area contributed by atoms with E-state index in [1.807, 2.05) is 54.6 Å². The summed E-state index contributed by atoms with van der Waals surface area (Å²) in [5, 5.41) is 2.89. The van der Waals surface area contributed by atoms with Gasteiger partial charge in [-0.05, 0) is 53.1 Å². The molecule has 5 rings (SSSR count). The summed E-state index contributed by atoms with van der Waals surface area (Å²) in [6, 6.07) is 31.2. The van der Waals surface area contributed by atoms with Gasteiger partial charge in [-0.15, -0.1) is 0 Å². The molecule has 0 saturated heterocycles. The van der Waals surface area contributed by atoms with Crippen LogP contribution in [-0.2, 0) is 24.5 Å². The summed E-state index contributed by atoms with van der Waals surface area (Å²) < 4.78 is 5.76. The number of carbonyl (C=O) groups excluding carboxylic acids is 3. The highest BCUT2D eigenvalue weighted by atomic mass is 16.5. The number of amides is 3. The molecule has 178 valence electrons. The van der Waals surface area contributed by atoms with Crippen molar-refractivity contribution >= 4 is 23.4 Å². The molecule has 4 aromatic rings. The standard InChI is InChI=1S/C30H24N2O4/c33-28(31-25-15-13-22(14-16-25)20-36-19-21-7-2-1-3-8-21)24-10-6-9-23(17-24)18-32-29(34)26-11-4-5-12-27(26)30(32)35/h1-17H,18-20H2,(H,31,33). The molecular formula is C30H24N2O4. The Bertz CT molecular complexity index is 1380. The van der Waals surface area contributed by atoms with Crippen LogP contribution in [0.2, 0.25) is 0 Å². The first kappa shape index (κ1) is 23.2. The second-order valence-electron chi connectivity index (χ2n) is 8.57. The molecule has 0 aromatic heterocycles. The van der Waals surface area contributed by atoms with E-state index in [4.69, 9.17) is 4.74 Å². The van der Waals surface area contributed by atoms with Crippen LogP contribution < -0.4 is 5.32 Å². The molecule has 0 atom stereocenters. The fourth-order valence-electron chi connectivity index (χ4n) is 4.12. The van der Waals surface area contributed by atoms with Gasteiger partial charge in [0.15, 0.2) is 0 Å². The zero-order chi connectivity index (χ0) is 24.9. The predicted octanol–water partition coefficient (Wildman–Crippen LogP) is 5.45. The maximum Gasteiger partial charge on any atom is 0.261 e. The summed E-state index contributed by atoms with van der Waals surface area (Å²) in [6.07, 6.45) is 0. The number of anilines is 1. The smallest absolute Gasteiger partial charge is 0.261 e. The SMILES string of the molecule is O=C(Nc1ccc(COCc2ccccc2)cc1)c1cccc(CN2C(=O)c3ccccc3C2=O)c1. The Kier molecular flexibility index (Phi) is 6.69. The largest absolute Gasteiger partial charge is 0.372 e. The van der Waals surface area contributed by atoms with Crippen LogP contribution >= 0.6 is 0 Å². The third kappa shape index (κ3) is 5.09. The summed E-state index contributed by atoms with van der Waals surface area (Å²) in [5.41, 5.74) is 4.74. The normalized spacial score (nSPS) is 12.5. The van der Waals surface area contributed by atoms with Crippen molar-refractivity contribution in [3.05, 3.63) is 137 Å². The van der Waals surface area contributed by atoms with Crippen molar-refractivity contribution in [3.63, 3.8) is 0 Å². The van der Waals surface area contributed by atoms with Crippen LogP contribution in [0.3, 0.4) is 0 Å². The fourth-order valence-corrected chi connectivity index (χ4v) is 4.12. The van der Waals surface area contributed by atoms with Gasteiger partial charge in [0.25, 0.3) is 17.7 Å². The minimum atomic E-state index is -0.321. The van der Waals surface area contributed by atoms with Crippen molar-refractivity contribution in [1.82, 2.24) is 4.90 Å². The Morgan fingerprint density at radius 2 is 1.25 bits per heavy atom. The van der Waals surface area contributed by atoms with Crippen molar-refractivity contribution in [2.24, 2.45) is 0 Å². The molecule has 36 heavy (non-hydrogen) atoms. The summed E-state index contributed by atoms with van der Waals surface area (Å²) in [7, 11) is 0. The minimum Gasteiger partial charge on any atom is -0.372 e. The van der Waals surface area contributed by atoms with Gasteiger partial charge in [-0.2, -0.15) is 0 Å². The Hall–Kier alpha value is -4.55. The summed E-state index contributed by atoms with van der Waals surface area (Å²) in [6.45, 7) is 1.12. The third-order valence-electron chi connectivity index (χ3n) is 6.00. The number of ether oxygens (including phenoxy) is 1. The molecule has 0 saturated carbocycles. The molecule has 6 nitrogen and oxygen atoms in total. The molecule has 0 bridgehead atoms. The van der Waals surface area contributed by atoms with E-state index >= 15 is 0 Å². The number of hydrogen-bond acceptors (Lipinski definition) is 4. The lowest BCUT2D eigenvalue weighted by Crippen LogP contribution is -2.29. The summed E-state index contributed by atoms with van der Waals surface area (Å²) >= 11 is 0. The third-order valence-corrected chi connectivity index (χ3v) is 6.00. The molecule has 6 heteroatoms. The van der Waals surface area contributed by atoms with Gasteiger partial charge in [0.1, 0.15) is 0 Å². The number of imide groups is 1. The lowest BCUT2D eigenvalue weighted by atomic mass is 10.1. The van der Waals surface area contributed by atoms with Crippen LogP contribution in [0.1, 0.15) is 47.8 Å². The molecule has 1 aliphatic rings. The molecule has 3 amide bonds. The number of carbonyl (C=O) groups is 3. The molecule has 1 aliphatic heterocycles. The molecule has 0 radical (unpaired) electrons. The molecule has 4 aromatic carbocycles. The second-order valence-corrected chi connectivity index (χ2v) is 8.57. The molecule has 0 aliphatic carbocycles. The van der Waals surface area contributed by atoms with Gasteiger partial charge in [0.05, 0.1) is 30.9 Å². The van der Waals surface area contributed by atoms with E-state index in [-0.39, 0.29) is 24.3 Å². The number of nitrogens with zero attached hydrogens (tertiary/aromatic N) is 1. The van der Waals surface area contributed by atoms with E-state index in [1.165, 1.54) is 4.90 Å². The number of hydrogen-bond donors (Lipinski definition) is 1. The lowest BCUT2D eigenvalue weighted by molar-refractivity contribution is 0.0642. The number of rotatable bonds is 8. The van der Waals surface area contributed by atoms with Crippen LogP contribution in [0.5, 0.6) is 0 Å². The molecule has 1 heterocycles. The van der Waals surface area contributed by atoms with Crippen molar-refractivity contribution in [3.8, 4) is 0 Å². The monoisotopic (exact) mass is 476 g/mol. The Morgan fingerprint density at radius 3 is 1.92 bits per heavy atom. The number of nitrogens with one attached hydrogen (secondary N) is 1. The van der Waals surface area contributed by atoms with Gasteiger partial charge in [-0.1, -0.05) is 66.7 Å². The quantitative estimate of drug-likeness (QED) is 0.343. The van der Waals surface area contributed by atoms with Crippen LogP contribution in [0.15, 0.2) is 103 Å². The average Bonchev–Trinajstić information content (AvgIpc) is 3.15. The van der Waals surface area contributed by atoms with Crippen LogP contribution in [0, 0.1) is 0 Å². The van der Waals surface area contributed by atoms with E-state index in [0.29, 0.717) is 41.2 Å².